The van der Waals surface area contributed by atoms with E-state index in [-0.39, 0.29) is 17.7 Å². The zero-order valence-electron chi connectivity index (χ0n) is 12.2. The lowest BCUT2D eigenvalue weighted by molar-refractivity contribution is 0.0982. The first-order valence-corrected chi connectivity index (χ1v) is 8.11. The number of hydrogen-bond acceptors (Lipinski definition) is 3. The Morgan fingerprint density at radius 1 is 1.41 bits per heavy atom. The first-order chi connectivity index (χ1) is 10.6. The summed E-state index contributed by atoms with van der Waals surface area (Å²) in [6.45, 7) is 1.02. The number of carbonyl (C=O) groups excluding carboxylic acids is 1. The van der Waals surface area contributed by atoms with Crippen LogP contribution in [-0.4, -0.2) is 46.9 Å². The van der Waals surface area contributed by atoms with Crippen LogP contribution in [0.5, 0.6) is 0 Å². The van der Waals surface area contributed by atoms with E-state index in [9.17, 15) is 14.7 Å². The highest BCUT2D eigenvalue weighted by Gasteiger charge is 2.39. The van der Waals surface area contributed by atoms with Gasteiger partial charge in [-0.2, -0.15) is 0 Å². The summed E-state index contributed by atoms with van der Waals surface area (Å²) in [5.74, 6) is 0.701. The molecule has 0 unspecified atom stereocenters. The molecule has 2 aliphatic heterocycles. The minimum atomic E-state index is -0.874. The summed E-state index contributed by atoms with van der Waals surface area (Å²) < 4.78 is 0. The number of likely N-dealkylation sites (tertiary alicyclic amines) is 1. The van der Waals surface area contributed by atoms with Gasteiger partial charge in [-0.15, -0.1) is 11.6 Å². The lowest BCUT2D eigenvalue weighted by Crippen LogP contribution is -2.44. The molecule has 3 rings (SSSR count). The number of nitrogens with one attached hydrogen (secondary N) is 1. The van der Waals surface area contributed by atoms with Crippen molar-refractivity contribution >= 4 is 29.2 Å². The maximum Gasteiger partial charge on any atom is 0.407 e. The van der Waals surface area contributed by atoms with E-state index in [1.165, 1.54) is 4.90 Å². The van der Waals surface area contributed by atoms with Crippen LogP contribution in [0.3, 0.4) is 0 Å². The maximum absolute atomic E-state index is 12.3. The normalized spacial score (nSPS) is 22.7. The Morgan fingerprint density at radius 3 is 2.95 bits per heavy atom. The van der Waals surface area contributed by atoms with Crippen molar-refractivity contribution < 1.29 is 14.7 Å². The topological polar surface area (TPSA) is 69.6 Å². The zero-order chi connectivity index (χ0) is 15.7. The Balaban J connectivity index is 1.86. The van der Waals surface area contributed by atoms with Crippen molar-refractivity contribution in [1.82, 2.24) is 4.90 Å². The smallest absolute Gasteiger partial charge is 0.407 e. The number of anilines is 1. The van der Waals surface area contributed by atoms with E-state index in [4.69, 9.17) is 11.6 Å². The third-order valence-electron chi connectivity index (χ3n) is 4.55. The molecule has 0 aromatic heterocycles. The van der Waals surface area contributed by atoms with Gasteiger partial charge in [-0.1, -0.05) is 12.1 Å². The molecule has 0 aliphatic carbocycles. The molecule has 1 saturated heterocycles. The molecule has 0 bridgehead atoms. The Labute approximate surface area is 134 Å². The van der Waals surface area contributed by atoms with Crippen molar-refractivity contribution in [2.75, 3.05) is 24.3 Å². The number of para-hydroxylation sites is 1. The predicted octanol–water partition coefficient (Wildman–Crippen LogP) is 3.15. The number of carbonyl (C=O) groups is 2. The standard InChI is InChI=1S/C16H19ClN2O3/c17-7-2-5-14(20)11-4-1-3-10-12-9-19(16(21)22)8-6-13(12)18-15(10)11/h1,3-4,12-13,18H,2,5-9H2,(H,21,22)/t12-,13-/m1/s1. The molecule has 118 valence electrons. The van der Waals surface area contributed by atoms with E-state index in [0.29, 0.717) is 37.4 Å². The molecular formula is C16H19ClN2O3. The van der Waals surface area contributed by atoms with Gasteiger partial charge in [-0.25, -0.2) is 4.79 Å². The summed E-state index contributed by atoms with van der Waals surface area (Å²) >= 11 is 5.67. The number of carboxylic acid groups (broad SMARTS) is 1. The lowest BCUT2D eigenvalue weighted by atomic mass is 9.88. The van der Waals surface area contributed by atoms with Crippen molar-refractivity contribution in [2.45, 2.75) is 31.2 Å². The second kappa shape index (κ2) is 6.16. The van der Waals surface area contributed by atoms with Gasteiger partial charge >= 0.3 is 6.09 Å². The number of Topliss-reactive ketones (excluding diaryl/α,β-unsaturated/α-hetero) is 1. The molecule has 2 aliphatic rings. The highest BCUT2D eigenvalue weighted by molar-refractivity contribution is 6.18. The maximum atomic E-state index is 12.3. The van der Waals surface area contributed by atoms with Crippen LogP contribution >= 0.6 is 11.6 Å². The lowest BCUT2D eigenvalue weighted by Gasteiger charge is -2.33. The largest absolute Gasteiger partial charge is 0.465 e. The zero-order valence-corrected chi connectivity index (χ0v) is 13.0. The van der Waals surface area contributed by atoms with E-state index in [1.54, 1.807) is 0 Å². The summed E-state index contributed by atoms with van der Waals surface area (Å²) in [5, 5.41) is 12.6. The fraction of sp³-hybridized carbons (Fsp3) is 0.500. The highest BCUT2D eigenvalue weighted by Crippen LogP contribution is 2.42. The van der Waals surface area contributed by atoms with E-state index >= 15 is 0 Å². The highest BCUT2D eigenvalue weighted by atomic mass is 35.5. The van der Waals surface area contributed by atoms with Crippen LogP contribution in [0.4, 0.5) is 10.5 Å². The Kier molecular flexibility index (Phi) is 4.25. The number of amides is 1. The van der Waals surface area contributed by atoms with Crippen molar-refractivity contribution in [1.29, 1.82) is 0 Å². The van der Waals surface area contributed by atoms with E-state index in [2.05, 4.69) is 5.32 Å². The summed E-state index contributed by atoms with van der Waals surface area (Å²) in [5.41, 5.74) is 2.66. The number of fused-ring (bicyclic) bond motifs is 3. The first-order valence-electron chi connectivity index (χ1n) is 7.58. The quantitative estimate of drug-likeness (QED) is 0.660. The van der Waals surface area contributed by atoms with Gasteiger partial charge in [-0.05, 0) is 24.5 Å². The third kappa shape index (κ3) is 2.65. The molecule has 2 atom stereocenters. The molecule has 2 heterocycles. The van der Waals surface area contributed by atoms with Crippen LogP contribution in [0.2, 0.25) is 0 Å². The fourth-order valence-corrected chi connectivity index (χ4v) is 3.57. The van der Waals surface area contributed by atoms with Gasteiger partial charge in [0.2, 0.25) is 0 Å². The number of alkyl halides is 1. The van der Waals surface area contributed by atoms with Crippen LogP contribution in [0, 0.1) is 0 Å². The van der Waals surface area contributed by atoms with Crippen LogP contribution < -0.4 is 5.32 Å². The van der Waals surface area contributed by atoms with Gasteiger partial charge in [0.05, 0.1) is 0 Å². The second-order valence-electron chi connectivity index (χ2n) is 5.86. The van der Waals surface area contributed by atoms with Gasteiger partial charge in [0.1, 0.15) is 0 Å². The van der Waals surface area contributed by atoms with Crippen molar-refractivity contribution in [3.63, 3.8) is 0 Å². The van der Waals surface area contributed by atoms with Crippen molar-refractivity contribution in [3.05, 3.63) is 29.3 Å². The van der Waals surface area contributed by atoms with Crippen molar-refractivity contribution in [3.8, 4) is 0 Å². The van der Waals surface area contributed by atoms with E-state index in [0.717, 1.165) is 17.7 Å². The molecule has 1 fully saturated rings. The van der Waals surface area contributed by atoms with E-state index < -0.39 is 6.09 Å². The Bertz CT molecular complexity index is 605. The number of rotatable bonds is 4. The molecule has 1 aromatic carbocycles. The average Bonchev–Trinajstić information content (AvgIpc) is 2.90. The molecule has 0 radical (unpaired) electrons. The molecule has 0 saturated carbocycles. The molecule has 6 heteroatoms. The van der Waals surface area contributed by atoms with Gasteiger partial charge in [-0.3, -0.25) is 4.79 Å². The minimum absolute atomic E-state index is 0.0961. The molecule has 1 amide bonds. The van der Waals surface area contributed by atoms with Gasteiger partial charge in [0.25, 0.3) is 0 Å². The fourth-order valence-electron chi connectivity index (χ4n) is 3.43. The summed E-state index contributed by atoms with van der Waals surface area (Å²) in [4.78, 5) is 25.0. The second-order valence-corrected chi connectivity index (χ2v) is 6.24. The summed E-state index contributed by atoms with van der Waals surface area (Å²) in [6, 6.07) is 5.94. The first kappa shape index (κ1) is 15.2. The number of piperidine rings is 1. The molecular weight excluding hydrogens is 304 g/mol. The van der Waals surface area contributed by atoms with Crippen LogP contribution in [0.15, 0.2) is 18.2 Å². The van der Waals surface area contributed by atoms with Gasteiger partial charge < -0.3 is 15.3 Å². The third-order valence-corrected chi connectivity index (χ3v) is 4.81. The average molecular weight is 323 g/mol. The predicted molar refractivity (Wildman–Crippen MR) is 85.1 cm³/mol. The van der Waals surface area contributed by atoms with E-state index in [1.807, 2.05) is 18.2 Å². The monoisotopic (exact) mass is 322 g/mol. The molecule has 1 aromatic rings. The minimum Gasteiger partial charge on any atom is -0.465 e. The number of halogens is 1. The Morgan fingerprint density at radius 2 is 2.23 bits per heavy atom. The molecule has 0 spiro atoms. The van der Waals surface area contributed by atoms with Gasteiger partial charge in [0, 0.05) is 48.6 Å². The summed E-state index contributed by atoms with van der Waals surface area (Å²) in [6.07, 6.45) is 1.00. The van der Waals surface area contributed by atoms with Crippen LogP contribution in [-0.2, 0) is 0 Å². The van der Waals surface area contributed by atoms with Crippen LogP contribution in [0.25, 0.3) is 0 Å². The molecule has 5 nitrogen and oxygen atoms in total. The SMILES string of the molecule is O=C(CCCCl)c1cccc2c1N[C@@H]1CCN(C(=O)O)C[C@H]21. The number of benzene rings is 1. The molecule has 22 heavy (non-hydrogen) atoms. The number of ketones is 1. The molecule has 2 N–H and O–H groups in total. The van der Waals surface area contributed by atoms with Crippen molar-refractivity contribution in [2.24, 2.45) is 0 Å². The summed E-state index contributed by atoms with van der Waals surface area (Å²) in [7, 11) is 0. The number of hydrogen-bond donors (Lipinski definition) is 2. The number of nitrogens with zero attached hydrogens (tertiary/aromatic N) is 1. The van der Waals surface area contributed by atoms with Gasteiger partial charge in [0.15, 0.2) is 5.78 Å². The van der Waals surface area contributed by atoms with Crippen LogP contribution in [0.1, 0.15) is 41.1 Å². The Hall–Kier alpha value is -1.75.